The number of methoxy groups -OCH3 is 2. The maximum absolute atomic E-state index is 11.9. The minimum absolute atomic E-state index is 0.147. The van der Waals surface area contributed by atoms with E-state index >= 15 is 0 Å². The SMILES string of the molecule is CC(C)(C)OC(=O)NCCN.COc1ccc(Nc2nc(Cl)nc(NC3CCCCCC3)n2)cc1Cl.COc1ccc(Nc2nc(NCCNC(=O)OC(C)(C)C)nc(NC3CCCCCC3)n2)cc1Cl. The van der Waals surface area contributed by atoms with Gasteiger partial charge in [-0.25, -0.2) is 9.59 Å². The van der Waals surface area contributed by atoms with Crippen LogP contribution >= 0.6 is 34.8 Å². The summed E-state index contributed by atoms with van der Waals surface area (Å²) in [6.45, 7) is 12.6. The van der Waals surface area contributed by atoms with Crippen molar-refractivity contribution in [3.63, 3.8) is 0 Å². The third-order valence-corrected chi connectivity index (χ3v) is 11.1. The second kappa shape index (κ2) is 29.7. The number of halogens is 3. The molecule has 20 nitrogen and oxygen atoms in total. The number of nitrogens with two attached hydrogens (primary N) is 1. The number of hydrogen-bond donors (Lipinski definition) is 8. The molecule has 0 aliphatic heterocycles. The first-order valence-electron chi connectivity index (χ1n) is 24.1. The summed E-state index contributed by atoms with van der Waals surface area (Å²) >= 11 is 18.5. The molecule has 71 heavy (non-hydrogen) atoms. The lowest BCUT2D eigenvalue weighted by molar-refractivity contribution is 0.0518. The normalized spacial score (nSPS) is 14.3. The largest absolute Gasteiger partial charge is 0.495 e. The van der Waals surface area contributed by atoms with Crippen LogP contribution in [0.4, 0.5) is 50.7 Å². The molecule has 2 aromatic heterocycles. The molecule has 0 saturated heterocycles. The Morgan fingerprint density at radius 1 is 0.563 bits per heavy atom. The second-order valence-corrected chi connectivity index (χ2v) is 19.9. The average Bonchev–Trinajstić information content (AvgIpc) is 3.71. The third-order valence-electron chi connectivity index (χ3n) is 10.3. The molecule has 2 aromatic carbocycles. The van der Waals surface area contributed by atoms with Crippen molar-refractivity contribution < 1.29 is 28.5 Å². The molecule has 2 heterocycles. The third kappa shape index (κ3) is 23.5. The topological polar surface area (TPSA) is 259 Å². The molecule has 0 radical (unpaired) electrons. The van der Waals surface area contributed by atoms with E-state index < -0.39 is 23.4 Å². The molecule has 2 aliphatic rings. The van der Waals surface area contributed by atoms with E-state index in [-0.39, 0.29) is 5.28 Å². The highest BCUT2D eigenvalue weighted by Crippen LogP contribution is 2.30. The molecule has 23 heteroatoms. The van der Waals surface area contributed by atoms with Crippen LogP contribution in [0.2, 0.25) is 15.3 Å². The van der Waals surface area contributed by atoms with Gasteiger partial charge in [0.15, 0.2) is 0 Å². The van der Waals surface area contributed by atoms with Crippen molar-refractivity contribution in [2.45, 2.75) is 142 Å². The van der Waals surface area contributed by atoms with Gasteiger partial charge >= 0.3 is 12.2 Å². The fraction of sp³-hybridized carbons (Fsp3) is 0.583. The molecule has 2 saturated carbocycles. The number of nitrogens with one attached hydrogen (secondary N) is 7. The lowest BCUT2D eigenvalue weighted by Crippen LogP contribution is -2.35. The number of hydrogen-bond acceptors (Lipinski definition) is 18. The van der Waals surface area contributed by atoms with Crippen LogP contribution in [-0.2, 0) is 9.47 Å². The summed E-state index contributed by atoms with van der Waals surface area (Å²) in [6, 6.07) is 11.4. The number of amides is 2. The molecule has 0 atom stereocenters. The van der Waals surface area contributed by atoms with Gasteiger partial charge in [0.1, 0.15) is 22.7 Å². The van der Waals surface area contributed by atoms with Gasteiger partial charge in [-0.2, -0.15) is 29.9 Å². The Labute approximate surface area is 433 Å². The number of nitrogens with zero attached hydrogens (tertiary/aromatic N) is 6. The van der Waals surface area contributed by atoms with E-state index in [4.69, 9.17) is 59.5 Å². The zero-order chi connectivity index (χ0) is 51.8. The monoisotopic (exact) mass is 1050 g/mol. The fourth-order valence-corrected chi connectivity index (χ4v) is 7.82. The van der Waals surface area contributed by atoms with E-state index in [0.29, 0.717) is 89.5 Å². The number of anilines is 7. The zero-order valence-corrected chi connectivity index (χ0v) is 44.5. The molecule has 0 spiro atoms. The van der Waals surface area contributed by atoms with Crippen molar-refractivity contribution in [2.75, 3.05) is 67.0 Å². The van der Waals surface area contributed by atoms with Crippen LogP contribution in [0.1, 0.15) is 119 Å². The molecule has 6 rings (SSSR count). The van der Waals surface area contributed by atoms with Gasteiger partial charge in [0.05, 0.1) is 24.3 Å². The molecule has 2 aliphatic carbocycles. The van der Waals surface area contributed by atoms with E-state index in [2.05, 4.69) is 67.1 Å². The molecule has 2 amide bonds. The quantitative estimate of drug-likeness (QED) is 0.0383. The van der Waals surface area contributed by atoms with Crippen molar-refractivity contribution in [2.24, 2.45) is 5.73 Å². The van der Waals surface area contributed by atoms with Gasteiger partial charge in [0, 0.05) is 49.6 Å². The Kier molecular flexibility index (Phi) is 24.3. The highest BCUT2D eigenvalue weighted by atomic mass is 35.5. The van der Waals surface area contributed by atoms with Crippen LogP contribution in [0.25, 0.3) is 0 Å². The van der Waals surface area contributed by atoms with Crippen molar-refractivity contribution >= 4 is 88.1 Å². The Morgan fingerprint density at radius 2 is 0.958 bits per heavy atom. The van der Waals surface area contributed by atoms with Gasteiger partial charge in [-0.05, 0) is 115 Å². The van der Waals surface area contributed by atoms with Crippen LogP contribution in [0.5, 0.6) is 11.5 Å². The van der Waals surface area contributed by atoms with E-state index in [1.165, 1.54) is 51.4 Å². The lowest BCUT2D eigenvalue weighted by Gasteiger charge is -2.20. The first-order chi connectivity index (χ1) is 33.8. The minimum Gasteiger partial charge on any atom is -0.495 e. The van der Waals surface area contributed by atoms with E-state index in [0.717, 1.165) is 37.1 Å². The first-order valence-corrected chi connectivity index (χ1v) is 25.2. The highest BCUT2D eigenvalue weighted by molar-refractivity contribution is 6.32. The zero-order valence-electron chi connectivity index (χ0n) is 42.3. The van der Waals surface area contributed by atoms with Crippen molar-refractivity contribution in [3.05, 3.63) is 51.7 Å². The predicted octanol–water partition coefficient (Wildman–Crippen LogP) is 10.9. The molecular formula is C48H73Cl3N14O6. The van der Waals surface area contributed by atoms with Crippen LogP contribution in [0, 0.1) is 0 Å². The maximum Gasteiger partial charge on any atom is 0.407 e. The van der Waals surface area contributed by atoms with Crippen molar-refractivity contribution in [1.29, 1.82) is 0 Å². The maximum atomic E-state index is 11.9. The minimum atomic E-state index is -0.546. The number of ether oxygens (including phenoxy) is 4. The summed E-state index contributed by atoms with van der Waals surface area (Å²) in [5.41, 5.74) is 5.66. The molecule has 2 fully saturated rings. The summed E-state index contributed by atoms with van der Waals surface area (Å²) in [5, 5.41) is 22.6. The van der Waals surface area contributed by atoms with Crippen molar-refractivity contribution in [1.82, 2.24) is 40.5 Å². The summed E-state index contributed by atoms with van der Waals surface area (Å²) in [7, 11) is 3.15. The standard InChI is InChI=1S/C24H36ClN7O3.C17H21Cl2N5O.C7H16N2O2/c1-24(2,3)35-23(33)27-14-13-26-20-30-21(28-16-9-7-5-6-8-10-16)32-22(31-20)29-17-11-12-19(34-4)18(25)15-17;1-25-14-9-8-12(10-13(14)18)21-17-23-15(19)22-16(24-17)20-11-6-4-2-3-5-7-11;1-7(2,3)11-6(10)9-5-4-8/h11-12,15-16H,5-10,13-14H2,1-4H3,(H,27,33)(H3,26,28,29,30,31,32);8-11H,2-7H2,1H3,(H2,20,21,22,23,24);4-5,8H2,1-3H3,(H,9,10). The second-order valence-electron chi connectivity index (χ2n) is 18.7. The molecule has 4 aromatic rings. The van der Waals surface area contributed by atoms with Crippen molar-refractivity contribution in [3.8, 4) is 11.5 Å². The van der Waals surface area contributed by atoms with Crippen LogP contribution in [-0.4, -0.2) is 106 Å². The Bertz CT molecular complexity index is 2250. The number of aromatic nitrogens is 6. The van der Waals surface area contributed by atoms with Gasteiger partial charge in [-0.3, -0.25) is 0 Å². The number of carbonyl (C=O) groups excluding carboxylic acids is 2. The van der Waals surface area contributed by atoms with E-state index in [1.807, 2.05) is 53.7 Å². The number of alkyl carbamates (subject to hydrolysis) is 2. The van der Waals surface area contributed by atoms with E-state index in [1.54, 1.807) is 38.5 Å². The summed E-state index contributed by atoms with van der Waals surface area (Å²) in [4.78, 5) is 49.0. The summed E-state index contributed by atoms with van der Waals surface area (Å²) < 4.78 is 20.6. The van der Waals surface area contributed by atoms with Gasteiger partial charge in [-0.1, -0.05) is 74.6 Å². The first kappa shape index (κ1) is 58.0. The molecule has 0 bridgehead atoms. The van der Waals surface area contributed by atoms with Gasteiger partial charge < -0.3 is 61.9 Å². The number of carbonyl (C=O) groups is 2. The molecule has 392 valence electrons. The van der Waals surface area contributed by atoms with Gasteiger partial charge in [-0.15, -0.1) is 0 Å². The van der Waals surface area contributed by atoms with Gasteiger partial charge in [0.25, 0.3) is 0 Å². The predicted molar refractivity (Wildman–Crippen MR) is 283 cm³/mol. The Hall–Kier alpha value is -5.57. The Morgan fingerprint density at radius 3 is 1.38 bits per heavy atom. The number of rotatable bonds is 16. The molecule has 9 N–H and O–H groups in total. The smallest absolute Gasteiger partial charge is 0.407 e. The summed E-state index contributed by atoms with van der Waals surface area (Å²) in [6.07, 6.45) is 13.5. The van der Waals surface area contributed by atoms with E-state index in [9.17, 15) is 9.59 Å². The average molecular weight is 1050 g/mol. The number of benzene rings is 2. The van der Waals surface area contributed by atoms with Crippen LogP contribution < -0.4 is 52.4 Å². The lowest BCUT2D eigenvalue weighted by atomic mass is 10.1. The highest BCUT2D eigenvalue weighted by Gasteiger charge is 2.19. The molecule has 0 unspecified atom stereocenters. The Balaban J connectivity index is 0.000000264. The van der Waals surface area contributed by atoms with Crippen LogP contribution in [0.15, 0.2) is 36.4 Å². The fourth-order valence-electron chi connectivity index (χ4n) is 7.15. The molecular weight excluding hydrogens is 975 g/mol. The van der Waals surface area contributed by atoms with Crippen LogP contribution in [0.3, 0.4) is 0 Å². The summed E-state index contributed by atoms with van der Waals surface area (Å²) in [5.74, 6) is 3.33. The van der Waals surface area contributed by atoms with Gasteiger partial charge in [0.2, 0.25) is 35.0 Å².